The van der Waals surface area contributed by atoms with E-state index in [0.717, 1.165) is 0 Å². The zero-order valence-electron chi connectivity index (χ0n) is 18.5. The number of aromatic nitrogens is 1. The molecule has 4 rings (SSSR count). The molecule has 8 nitrogen and oxygen atoms in total. The minimum atomic E-state index is -4.88. The number of rotatable bonds is 6. The maximum Gasteiger partial charge on any atom is 0.445 e. The molecule has 4 atom stereocenters. The van der Waals surface area contributed by atoms with E-state index in [1.165, 1.54) is 42.4 Å². The Morgan fingerprint density at radius 2 is 2.06 bits per heavy atom. The Morgan fingerprint density at radius 3 is 2.65 bits per heavy atom. The molecule has 1 saturated heterocycles. The topological polar surface area (TPSA) is 100 Å². The van der Waals surface area contributed by atoms with Crippen LogP contribution >= 0.6 is 0 Å². The van der Waals surface area contributed by atoms with Gasteiger partial charge in [0.1, 0.15) is 24.7 Å². The lowest BCUT2D eigenvalue weighted by molar-refractivity contribution is -0.285. The molecule has 0 saturated carbocycles. The zero-order chi connectivity index (χ0) is 24.7. The molecule has 2 aliphatic heterocycles. The molecule has 177 valence electrons. The van der Waals surface area contributed by atoms with Crippen molar-refractivity contribution >= 4 is 32.2 Å². The normalized spacial score (nSPS) is 25.9. The summed E-state index contributed by atoms with van der Waals surface area (Å²) in [5.41, 5.74) is -0.551. The number of aliphatic imine (C=N–C) groups is 1. The monoisotopic (exact) mass is 473 g/mol. The molecule has 2 aromatic rings. The lowest BCUT2D eigenvalue weighted by Crippen LogP contribution is -2.47. The lowest BCUT2D eigenvalue weighted by Gasteiger charge is -2.29. The average molecular weight is 473 g/mol. The number of carbonyl (C=O) groups excluding carboxylic acids is 1. The Balaban J connectivity index is 1.69. The number of nitrogens with one attached hydrogen (secondary N) is 1. The summed E-state index contributed by atoms with van der Waals surface area (Å²) in [5, 5.41) is 14.1. The molecule has 1 fully saturated rings. The molecule has 0 bridgehead atoms. The van der Waals surface area contributed by atoms with Gasteiger partial charge in [0, 0.05) is 31.9 Å². The van der Waals surface area contributed by atoms with Crippen molar-refractivity contribution < 1.29 is 32.4 Å². The number of aliphatic hydroxyl groups is 1. The van der Waals surface area contributed by atoms with Crippen LogP contribution in [0.2, 0.25) is 0 Å². The fourth-order valence-corrected chi connectivity index (χ4v) is 4.32. The Labute approximate surface area is 196 Å². The van der Waals surface area contributed by atoms with Gasteiger partial charge < -0.3 is 14.5 Å². The number of hydrogen-bond donors (Lipinski definition) is 2. The number of hydrogen-bond acceptors (Lipinski definition) is 7. The summed E-state index contributed by atoms with van der Waals surface area (Å²) in [5.74, 6) is -1.40. The molecular formula is C21H22B2F3N4O4. The van der Waals surface area contributed by atoms with Crippen LogP contribution in [0.3, 0.4) is 0 Å². The standard InChI is InChI=1S/C21H22B2F3N4O4/c1-11(2)17(15-9-16(23-22)28-33-15)19(32)30-10-13(31)8-14(30)18-27-20(34-29-18,21(24,25)26)12-6-4-3-5-7-12/h3-7,9,11,13-14,17,31H,8,10H2,1-2H3,(H,27,29). The summed E-state index contributed by atoms with van der Waals surface area (Å²) in [7, 11) is 6.69. The highest BCUT2D eigenvalue weighted by molar-refractivity contribution is 6.97. The van der Waals surface area contributed by atoms with Gasteiger partial charge >= 0.3 is 11.9 Å². The van der Waals surface area contributed by atoms with E-state index >= 15 is 0 Å². The molecule has 3 radical (unpaired) electrons. The highest BCUT2D eigenvalue weighted by Crippen LogP contribution is 2.45. The fourth-order valence-electron chi connectivity index (χ4n) is 4.32. The molecule has 2 aliphatic rings. The van der Waals surface area contributed by atoms with E-state index in [1.54, 1.807) is 19.9 Å². The van der Waals surface area contributed by atoms with Crippen molar-refractivity contribution in [1.82, 2.24) is 15.5 Å². The van der Waals surface area contributed by atoms with Gasteiger partial charge in [0.15, 0.2) is 0 Å². The first-order valence-corrected chi connectivity index (χ1v) is 10.7. The molecule has 1 aromatic heterocycles. The van der Waals surface area contributed by atoms with Crippen LogP contribution in [0.25, 0.3) is 0 Å². The van der Waals surface area contributed by atoms with E-state index in [4.69, 9.17) is 17.1 Å². The predicted octanol–water partition coefficient (Wildman–Crippen LogP) is 1.14. The van der Waals surface area contributed by atoms with Gasteiger partial charge in [-0.2, -0.15) is 13.2 Å². The van der Waals surface area contributed by atoms with Gasteiger partial charge in [-0.25, -0.2) is 15.3 Å². The quantitative estimate of drug-likeness (QED) is 0.611. The summed E-state index contributed by atoms with van der Waals surface area (Å²) < 4.78 is 47.7. The van der Waals surface area contributed by atoms with Crippen LogP contribution in [0.1, 0.15) is 37.5 Å². The maximum absolute atomic E-state index is 14.2. The Hall–Kier alpha value is -2.79. The van der Waals surface area contributed by atoms with Gasteiger partial charge in [-0.3, -0.25) is 4.79 Å². The van der Waals surface area contributed by atoms with Crippen molar-refractivity contribution in [2.75, 3.05) is 6.54 Å². The number of benzene rings is 1. The summed E-state index contributed by atoms with van der Waals surface area (Å²) in [6.07, 6.45) is -5.84. The van der Waals surface area contributed by atoms with Gasteiger partial charge in [-0.15, -0.1) is 0 Å². The van der Waals surface area contributed by atoms with E-state index < -0.39 is 35.9 Å². The highest BCUT2D eigenvalue weighted by atomic mass is 19.4. The van der Waals surface area contributed by atoms with Crippen LogP contribution in [-0.4, -0.2) is 66.7 Å². The van der Waals surface area contributed by atoms with Crippen LogP contribution in [0.15, 0.2) is 45.9 Å². The molecular weight excluding hydrogens is 451 g/mol. The molecule has 3 heterocycles. The molecule has 2 N–H and O–H groups in total. The number of amidine groups is 1. The summed E-state index contributed by atoms with van der Waals surface area (Å²) in [6.45, 7) is 3.52. The summed E-state index contributed by atoms with van der Waals surface area (Å²) in [4.78, 5) is 23.8. The van der Waals surface area contributed by atoms with Gasteiger partial charge in [0.25, 0.3) is 0 Å². The van der Waals surface area contributed by atoms with E-state index in [9.17, 15) is 23.1 Å². The lowest BCUT2D eigenvalue weighted by atomic mass is 9.53. The van der Waals surface area contributed by atoms with Crippen LogP contribution < -0.4 is 11.1 Å². The second kappa shape index (κ2) is 9.10. The number of amides is 1. The third kappa shape index (κ3) is 4.22. The van der Waals surface area contributed by atoms with Crippen molar-refractivity contribution in [3.05, 3.63) is 47.7 Å². The number of hydroxylamine groups is 1. The minimum Gasteiger partial charge on any atom is -0.391 e. The third-order valence-electron chi connectivity index (χ3n) is 5.96. The largest absolute Gasteiger partial charge is 0.445 e. The highest BCUT2D eigenvalue weighted by Gasteiger charge is 2.62. The first kappa shape index (κ1) is 24.3. The smallest absolute Gasteiger partial charge is 0.391 e. The molecule has 0 spiro atoms. The van der Waals surface area contributed by atoms with Crippen molar-refractivity contribution in [3.63, 3.8) is 0 Å². The Kier molecular flexibility index (Phi) is 6.52. The fraction of sp³-hybridized carbons (Fsp3) is 0.476. The maximum atomic E-state index is 14.2. The molecule has 4 unspecified atom stereocenters. The Bertz CT molecular complexity index is 1070. The molecule has 1 amide bonds. The first-order valence-electron chi connectivity index (χ1n) is 10.7. The average Bonchev–Trinajstić information content (AvgIpc) is 3.52. The van der Waals surface area contributed by atoms with Crippen LogP contribution in [0.5, 0.6) is 0 Å². The van der Waals surface area contributed by atoms with Gasteiger partial charge in [-0.1, -0.05) is 49.3 Å². The van der Waals surface area contributed by atoms with E-state index in [1.807, 2.05) is 0 Å². The second-order valence-electron chi connectivity index (χ2n) is 8.65. The number of β-amino-alcohol motifs (C(OH)–C–C–N with tert-alkyl or cyclic N) is 1. The van der Waals surface area contributed by atoms with Crippen LogP contribution in [0, 0.1) is 5.92 Å². The number of carbonyl (C=O) groups is 1. The number of alkyl halides is 3. The summed E-state index contributed by atoms with van der Waals surface area (Å²) >= 11 is 0. The van der Waals surface area contributed by atoms with Crippen molar-refractivity contribution in [3.8, 4) is 0 Å². The predicted molar refractivity (Wildman–Crippen MR) is 117 cm³/mol. The molecule has 1 aromatic carbocycles. The SMILES string of the molecule is [B][B]c1cc(C(C(=O)N2CC(O)CC2C2=NC(c3ccccc3)(C(F)(F)F)ON2)C(C)C)on1. The van der Waals surface area contributed by atoms with E-state index in [0.29, 0.717) is 5.59 Å². The van der Waals surface area contributed by atoms with Crippen molar-refractivity contribution in [1.29, 1.82) is 0 Å². The van der Waals surface area contributed by atoms with Crippen LogP contribution in [0.4, 0.5) is 13.2 Å². The molecule has 34 heavy (non-hydrogen) atoms. The minimum absolute atomic E-state index is 0.00723. The van der Waals surface area contributed by atoms with Gasteiger partial charge in [-0.05, 0) is 12.0 Å². The molecule has 0 aliphatic carbocycles. The number of aliphatic hydroxyl groups excluding tert-OH is 1. The number of nitrogens with zero attached hydrogens (tertiary/aromatic N) is 3. The zero-order valence-corrected chi connectivity index (χ0v) is 18.5. The molecule has 13 heteroatoms. The van der Waals surface area contributed by atoms with Crippen molar-refractivity contribution in [2.24, 2.45) is 10.9 Å². The Morgan fingerprint density at radius 1 is 1.35 bits per heavy atom. The van der Waals surface area contributed by atoms with E-state index in [-0.39, 0.29) is 36.0 Å². The first-order chi connectivity index (χ1) is 16.1. The van der Waals surface area contributed by atoms with E-state index in [2.05, 4.69) is 15.6 Å². The van der Waals surface area contributed by atoms with Crippen LogP contribution in [-0.2, 0) is 15.4 Å². The van der Waals surface area contributed by atoms with Crippen molar-refractivity contribution in [2.45, 2.75) is 50.2 Å². The number of halogens is 3. The third-order valence-corrected chi connectivity index (χ3v) is 5.96. The number of likely N-dealkylation sites (tertiary alicyclic amines) is 1. The van der Waals surface area contributed by atoms with Gasteiger partial charge in [0.05, 0.1) is 12.1 Å². The van der Waals surface area contributed by atoms with Gasteiger partial charge in [0.2, 0.25) is 5.91 Å². The summed E-state index contributed by atoms with van der Waals surface area (Å²) in [6, 6.07) is 7.58. The second-order valence-corrected chi connectivity index (χ2v) is 8.65.